The summed E-state index contributed by atoms with van der Waals surface area (Å²) < 4.78 is 36.2. The summed E-state index contributed by atoms with van der Waals surface area (Å²) in [6.07, 6.45) is -4.41. The highest BCUT2D eigenvalue weighted by Gasteiger charge is 2.37. The number of alkyl halides is 3. The van der Waals surface area contributed by atoms with E-state index in [1.54, 1.807) is 0 Å². The third-order valence-corrected chi connectivity index (χ3v) is 2.96. The number of hydrogen-bond acceptors (Lipinski definition) is 2. The smallest absolute Gasteiger partial charge is 0.382 e. The number of fused-ring (bicyclic) bond motifs is 1. The molecule has 0 saturated heterocycles. The van der Waals surface area contributed by atoms with Gasteiger partial charge in [0.15, 0.2) is 6.10 Å². The van der Waals surface area contributed by atoms with Gasteiger partial charge in [-0.3, -0.25) is 0 Å². The van der Waals surface area contributed by atoms with Crippen molar-refractivity contribution in [2.75, 3.05) is 13.1 Å². The van der Waals surface area contributed by atoms with E-state index in [2.05, 4.69) is 10.3 Å². The summed E-state index contributed by atoms with van der Waals surface area (Å²) in [5.74, 6) is 0. The first kappa shape index (κ1) is 13.9. The van der Waals surface area contributed by atoms with E-state index in [1.807, 2.05) is 30.5 Å². The van der Waals surface area contributed by atoms with Crippen LogP contribution < -0.4 is 5.32 Å². The Morgan fingerprint density at radius 1 is 1.26 bits per heavy atom. The molecule has 104 valence electrons. The van der Waals surface area contributed by atoms with Gasteiger partial charge in [-0.2, -0.15) is 13.2 Å². The molecule has 2 rings (SSSR count). The first-order valence-corrected chi connectivity index (χ1v) is 5.99. The largest absolute Gasteiger partial charge is 0.415 e. The van der Waals surface area contributed by atoms with Gasteiger partial charge in [0.1, 0.15) is 0 Å². The molecule has 2 aromatic rings. The number of halogens is 3. The standard InChI is InChI=1S/C13H15F3N2O/c14-13(15,16)12(19)8-17-6-5-9-7-18-11-4-2-1-3-10(9)11/h1-4,7,12,17-19H,5-6,8H2. The van der Waals surface area contributed by atoms with Crippen molar-refractivity contribution in [3.63, 3.8) is 0 Å². The van der Waals surface area contributed by atoms with Gasteiger partial charge in [0.25, 0.3) is 0 Å². The second-order valence-corrected chi connectivity index (χ2v) is 4.37. The number of para-hydroxylation sites is 1. The molecule has 1 unspecified atom stereocenters. The van der Waals surface area contributed by atoms with Crippen LogP contribution in [0.15, 0.2) is 30.5 Å². The van der Waals surface area contributed by atoms with E-state index >= 15 is 0 Å². The third-order valence-electron chi connectivity index (χ3n) is 2.96. The molecule has 1 heterocycles. The molecule has 0 aliphatic heterocycles. The van der Waals surface area contributed by atoms with E-state index in [0.29, 0.717) is 13.0 Å². The number of H-pyrrole nitrogens is 1. The Morgan fingerprint density at radius 2 is 2.00 bits per heavy atom. The zero-order valence-corrected chi connectivity index (χ0v) is 10.2. The molecule has 1 atom stereocenters. The van der Waals surface area contributed by atoms with Crippen LogP contribution in [0.25, 0.3) is 10.9 Å². The van der Waals surface area contributed by atoms with Gasteiger partial charge >= 0.3 is 6.18 Å². The lowest BCUT2D eigenvalue weighted by Gasteiger charge is -2.14. The van der Waals surface area contributed by atoms with Crippen molar-refractivity contribution in [3.05, 3.63) is 36.0 Å². The van der Waals surface area contributed by atoms with E-state index < -0.39 is 18.8 Å². The van der Waals surface area contributed by atoms with Crippen molar-refractivity contribution < 1.29 is 18.3 Å². The summed E-state index contributed by atoms with van der Waals surface area (Å²) in [5.41, 5.74) is 2.05. The third kappa shape index (κ3) is 3.48. The molecule has 0 saturated carbocycles. The van der Waals surface area contributed by atoms with E-state index in [9.17, 15) is 13.2 Å². The Morgan fingerprint density at radius 3 is 2.74 bits per heavy atom. The number of rotatable bonds is 5. The molecule has 0 radical (unpaired) electrons. The lowest BCUT2D eigenvalue weighted by atomic mass is 10.1. The van der Waals surface area contributed by atoms with Crippen LogP contribution in [0, 0.1) is 0 Å². The number of nitrogens with one attached hydrogen (secondary N) is 2. The van der Waals surface area contributed by atoms with E-state index in [1.165, 1.54) is 0 Å². The average molecular weight is 272 g/mol. The summed E-state index contributed by atoms with van der Waals surface area (Å²) in [5, 5.41) is 12.5. The minimum atomic E-state index is -4.56. The maximum Gasteiger partial charge on any atom is 0.415 e. The fourth-order valence-corrected chi connectivity index (χ4v) is 1.92. The normalized spacial score (nSPS) is 13.9. The highest BCUT2D eigenvalue weighted by atomic mass is 19.4. The van der Waals surface area contributed by atoms with Gasteiger partial charge in [0.2, 0.25) is 0 Å². The monoisotopic (exact) mass is 272 g/mol. The van der Waals surface area contributed by atoms with Gasteiger partial charge in [-0.1, -0.05) is 18.2 Å². The zero-order chi connectivity index (χ0) is 13.9. The first-order chi connectivity index (χ1) is 8.98. The molecule has 1 aromatic heterocycles. The van der Waals surface area contributed by atoms with E-state index in [0.717, 1.165) is 16.5 Å². The van der Waals surface area contributed by atoms with Crippen molar-refractivity contribution in [3.8, 4) is 0 Å². The van der Waals surface area contributed by atoms with Crippen molar-refractivity contribution >= 4 is 10.9 Å². The minimum absolute atomic E-state index is 0.384. The molecule has 0 aliphatic carbocycles. The summed E-state index contributed by atoms with van der Waals surface area (Å²) in [6, 6.07) is 7.74. The highest BCUT2D eigenvalue weighted by Crippen LogP contribution is 2.19. The van der Waals surface area contributed by atoms with Crippen molar-refractivity contribution in [2.24, 2.45) is 0 Å². The van der Waals surface area contributed by atoms with Crippen LogP contribution in [0.1, 0.15) is 5.56 Å². The molecule has 0 spiro atoms. The van der Waals surface area contributed by atoms with Crippen molar-refractivity contribution in [2.45, 2.75) is 18.7 Å². The molecule has 19 heavy (non-hydrogen) atoms. The highest BCUT2D eigenvalue weighted by molar-refractivity contribution is 5.83. The Kier molecular flexibility index (Phi) is 4.11. The minimum Gasteiger partial charge on any atom is -0.382 e. The van der Waals surface area contributed by atoms with Gasteiger partial charge in [0, 0.05) is 23.6 Å². The molecule has 0 bridgehead atoms. The number of aliphatic hydroxyl groups excluding tert-OH is 1. The number of hydrogen-bond donors (Lipinski definition) is 3. The fraction of sp³-hybridized carbons (Fsp3) is 0.385. The maximum atomic E-state index is 12.1. The number of aromatic amines is 1. The second kappa shape index (κ2) is 5.63. The van der Waals surface area contributed by atoms with Crippen LogP contribution in [0.2, 0.25) is 0 Å². The second-order valence-electron chi connectivity index (χ2n) is 4.37. The van der Waals surface area contributed by atoms with Gasteiger partial charge in [0.05, 0.1) is 0 Å². The van der Waals surface area contributed by atoms with Gasteiger partial charge in [-0.05, 0) is 24.6 Å². The predicted octanol–water partition coefficient (Wildman–Crippen LogP) is 2.22. The van der Waals surface area contributed by atoms with Crippen molar-refractivity contribution in [1.29, 1.82) is 0 Å². The molecular weight excluding hydrogens is 257 g/mol. The van der Waals surface area contributed by atoms with Crippen LogP contribution in [-0.2, 0) is 6.42 Å². The SMILES string of the molecule is OC(CNCCc1c[nH]c2ccccc12)C(F)(F)F. The molecule has 3 N–H and O–H groups in total. The molecule has 0 fully saturated rings. The molecule has 1 aromatic carbocycles. The van der Waals surface area contributed by atoms with Crippen LogP contribution in [0.3, 0.4) is 0 Å². The van der Waals surface area contributed by atoms with E-state index in [4.69, 9.17) is 5.11 Å². The van der Waals surface area contributed by atoms with Gasteiger partial charge in [-0.15, -0.1) is 0 Å². The summed E-state index contributed by atoms with van der Waals surface area (Å²) in [6.45, 7) is -0.0964. The quantitative estimate of drug-likeness (QED) is 0.731. The van der Waals surface area contributed by atoms with Crippen LogP contribution >= 0.6 is 0 Å². The zero-order valence-electron chi connectivity index (χ0n) is 10.2. The number of aliphatic hydroxyl groups is 1. The summed E-state index contributed by atoms with van der Waals surface area (Å²) in [4.78, 5) is 3.10. The molecular formula is C13H15F3N2O. The lowest BCUT2D eigenvalue weighted by Crippen LogP contribution is -2.38. The Bertz CT molecular complexity index is 536. The lowest BCUT2D eigenvalue weighted by molar-refractivity contribution is -0.201. The van der Waals surface area contributed by atoms with Gasteiger partial charge in [-0.25, -0.2) is 0 Å². The number of benzene rings is 1. The molecule has 6 heteroatoms. The maximum absolute atomic E-state index is 12.1. The van der Waals surface area contributed by atoms with Gasteiger partial charge < -0.3 is 15.4 Å². The Labute approximate surface area is 108 Å². The first-order valence-electron chi connectivity index (χ1n) is 5.99. The Hall–Kier alpha value is -1.53. The molecule has 3 nitrogen and oxygen atoms in total. The van der Waals surface area contributed by atoms with E-state index in [-0.39, 0.29) is 0 Å². The predicted molar refractivity (Wildman–Crippen MR) is 66.9 cm³/mol. The topological polar surface area (TPSA) is 48.0 Å². The molecule has 0 amide bonds. The fourth-order valence-electron chi connectivity index (χ4n) is 1.92. The summed E-state index contributed by atoms with van der Waals surface area (Å²) in [7, 11) is 0. The van der Waals surface area contributed by atoms with Crippen molar-refractivity contribution in [1.82, 2.24) is 10.3 Å². The van der Waals surface area contributed by atoms with Crippen LogP contribution in [0.4, 0.5) is 13.2 Å². The number of aromatic nitrogens is 1. The molecule has 0 aliphatic rings. The summed E-state index contributed by atoms with van der Waals surface area (Å²) >= 11 is 0. The average Bonchev–Trinajstić information content (AvgIpc) is 2.76. The van der Waals surface area contributed by atoms with Crippen LogP contribution in [-0.4, -0.2) is 35.5 Å². The Balaban J connectivity index is 1.83. The van der Waals surface area contributed by atoms with Crippen LogP contribution in [0.5, 0.6) is 0 Å².